The molecule has 0 amide bonds. The van der Waals surface area contributed by atoms with Crippen LogP contribution in [0.1, 0.15) is 10.4 Å². The van der Waals surface area contributed by atoms with Crippen LogP contribution in [-0.4, -0.2) is 6.29 Å². The number of carbonyl (C=O) groups excluding carboxylic acids is 1. The lowest BCUT2D eigenvalue weighted by atomic mass is 10.2. The molecule has 1 nitrogen and oxygen atoms in total. The molecule has 0 N–H and O–H groups in total. The number of benzene rings is 1. The van der Waals surface area contributed by atoms with Gasteiger partial charge in [0.25, 0.3) is 0 Å². The Hall–Kier alpha value is -0.470. The van der Waals surface area contributed by atoms with E-state index in [2.05, 4.69) is 12.6 Å². The van der Waals surface area contributed by atoms with Gasteiger partial charge in [0.05, 0.1) is 5.02 Å². The van der Waals surface area contributed by atoms with Gasteiger partial charge in [0.1, 0.15) is 6.29 Å². The zero-order valence-corrected chi connectivity index (χ0v) is 6.69. The first-order valence-electron chi connectivity index (χ1n) is 2.68. The fourth-order valence-corrected chi connectivity index (χ4v) is 0.944. The molecule has 0 heterocycles. The van der Waals surface area contributed by atoms with Crippen LogP contribution in [0.2, 0.25) is 5.02 Å². The van der Waals surface area contributed by atoms with E-state index in [1.807, 2.05) is 0 Å². The monoisotopic (exact) mass is 172 g/mol. The summed E-state index contributed by atoms with van der Waals surface area (Å²) in [5, 5.41) is 0.564. The van der Waals surface area contributed by atoms with Crippen molar-refractivity contribution in [1.29, 1.82) is 0 Å². The van der Waals surface area contributed by atoms with Gasteiger partial charge in [-0.15, -0.1) is 12.6 Å². The fourth-order valence-electron chi connectivity index (χ4n) is 0.603. The van der Waals surface area contributed by atoms with Gasteiger partial charge in [-0.3, -0.25) is 4.79 Å². The molecule has 10 heavy (non-hydrogen) atoms. The Bertz CT molecular complexity index is 260. The van der Waals surface area contributed by atoms with Crippen LogP contribution in [0, 0.1) is 0 Å². The van der Waals surface area contributed by atoms with Crippen molar-refractivity contribution in [3.05, 3.63) is 28.8 Å². The highest BCUT2D eigenvalue weighted by molar-refractivity contribution is 7.80. The molecule has 0 atom stereocenters. The van der Waals surface area contributed by atoms with Gasteiger partial charge in [-0.05, 0) is 12.1 Å². The Kier molecular flexibility index (Phi) is 2.35. The Balaban J connectivity index is 3.16. The van der Waals surface area contributed by atoms with Crippen molar-refractivity contribution < 1.29 is 4.79 Å². The molecule has 0 radical (unpaired) electrons. The molecule has 1 aromatic rings. The molecule has 0 saturated carbocycles. The molecule has 0 aliphatic rings. The van der Waals surface area contributed by atoms with Crippen LogP contribution in [0.5, 0.6) is 0 Å². The first-order valence-corrected chi connectivity index (χ1v) is 3.50. The van der Waals surface area contributed by atoms with Gasteiger partial charge in [-0.25, -0.2) is 0 Å². The van der Waals surface area contributed by atoms with Crippen LogP contribution in [-0.2, 0) is 0 Å². The van der Waals surface area contributed by atoms with Crippen molar-refractivity contribution >= 4 is 30.5 Å². The summed E-state index contributed by atoms with van der Waals surface area (Å²) >= 11 is 9.68. The molecule has 1 aromatic carbocycles. The third kappa shape index (κ3) is 1.52. The number of carbonyl (C=O) groups is 1. The normalized spacial score (nSPS) is 9.40. The minimum Gasteiger partial charge on any atom is -0.298 e. The van der Waals surface area contributed by atoms with Gasteiger partial charge >= 0.3 is 0 Å². The summed E-state index contributed by atoms with van der Waals surface area (Å²) in [5.74, 6) is 0. The van der Waals surface area contributed by atoms with E-state index in [4.69, 9.17) is 11.6 Å². The molecule has 1 rings (SSSR count). The number of halogens is 1. The maximum absolute atomic E-state index is 10.2. The van der Waals surface area contributed by atoms with E-state index in [1.165, 1.54) is 0 Å². The van der Waals surface area contributed by atoms with Gasteiger partial charge in [0, 0.05) is 10.5 Å². The molecule has 0 fully saturated rings. The summed E-state index contributed by atoms with van der Waals surface area (Å²) in [6.45, 7) is 0. The third-order valence-corrected chi connectivity index (χ3v) is 1.94. The van der Waals surface area contributed by atoms with Crippen molar-refractivity contribution in [3.63, 3.8) is 0 Å². The highest BCUT2D eigenvalue weighted by Gasteiger charge is 1.95. The fraction of sp³-hybridized carbons (Fsp3) is 0. The van der Waals surface area contributed by atoms with E-state index in [1.54, 1.807) is 18.2 Å². The molecule has 52 valence electrons. The molecule has 0 aliphatic carbocycles. The van der Waals surface area contributed by atoms with Gasteiger partial charge in [0.2, 0.25) is 0 Å². The van der Waals surface area contributed by atoms with E-state index in [0.29, 0.717) is 15.5 Å². The Labute approximate surface area is 69.4 Å². The zero-order chi connectivity index (χ0) is 7.56. The second-order valence-corrected chi connectivity index (χ2v) is 2.72. The van der Waals surface area contributed by atoms with Crippen LogP contribution in [0.4, 0.5) is 0 Å². The lowest BCUT2D eigenvalue weighted by Crippen LogP contribution is -1.78. The second-order valence-electron chi connectivity index (χ2n) is 1.83. The maximum atomic E-state index is 10.2. The van der Waals surface area contributed by atoms with Gasteiger partial charge in [-0.2, -0.15) is 0 Å². The van der Waals surface area contributed by atoms with Crippen molar-refractivity contribution in [2.45, 2.75) is 4.90 Å². The summed E-state index contributed by atoms with van der Waals surface area (Å²) in [5.41, 5.74) is 0.592. The highest BCUT2D eigenvalue weighted by Crippen LogP contribution is 2.19. The van der Waals surface area contributed by atoms with E-state index in [0.717, 1.165) is 6.29 Å². The molecule has 0 aliphatic heterocycles. The summed E-state index contributed by atoms with van der Waals surface area (Å²) in [6.07, 6.45) is 0.760. The van der Waals surface area contributed by atoms with Crippen LogP contribution >= 0.6 is 24.2 Å². The Morgan fingerprint density at radius 3 is 2.70 bits per heavy atom. The molecular formula is C7H5ClOS. The number of hydrogen-bond acceptors (Lipinski definition) is 2. The minimum absolute atomic E-state index is 0.564. The van der Waals surface area contributed by atoms with E-state index in [9.17, 15) is 4.79 Å². The first kappa shape index (κ1) is 7.63. The smallest absolute Gasteiger partial charge is 0.150 e. The van der Waals surface area contributed by atoms with Crippen molar-refractivity contribution in [3.8, 4) is 0 Å². The number of hydrogen-bond donors (Lipinski definition) is 1. The lowest BCUT2D eigenvalue weighted by Gasteiger charge is -1.94. The zero-order valence-electron chi connectivity index (χ0n) is 5.04. The molecule has 0 bridgehead atoms. The number of rotatable bonds is 1. The molecule has 0 aromatic heterocycles. The molecule has 3 heteroatoms. The van der Waals surface area contributed by atoms with Crippen LogP contribution < -0.4 is 0 Å². The van der Waals surface area contributed by atoms with Gasteiger partial charge < -0.3 is 0 Å². The van der Waals surface area contributed by atoms with E-state index >= 15 is 0 Å². The van der Waals surface area contributed by atoms with Crippen LogP contribution in [0.15, 0.2) is 23.1 Å². The number of aldehydes is 1. The van der Waals surface area contributed by atoms with Crippen LogP contribution in [0.25, 0.3) is 0 Å². The maximum Gasteiger partial charge on any atom is 0.150 e. The van der Waals surface area contributed by atoms with Crippen molar-refractivity contribution in [2.24, 2.45) is 0 Å². The first-order chi connectivity index (χ1) is 4.74. The quantitative estimate of drug-likeness (QED) is 0.509. The lowest BCUT2D eigenvalue weighted by molar-refractivity contribution is 0.112. The van der Waals surface area contributed by atoms with Gasteiger partial charge in [0.15, 0.2) is 0 Å². The number of thiol groups is 1. The average Bonchev–Trinajstić information content (AvgIpc) is 1.95. The summed E-state index contributed by atoms with van der Waals surface area (Å²) in [7, 11) is 0. The predicted octanol–water partition coefficient (Wildman–Crippen LogP) is 2.44. The van der Waals surface area contributed by atoms with Crippen molar-refractivity contribution in [2.75, 3.05) is 0 Å². The molecule has 0 saturated heterocycles. The van der Waals surface area contributed by atoms with E-state index in [-0.39, 0.29) is 0 Å². The highest BCUT2D eigenvalue weighted by atomic mass is 35.5. The standard InChI is InChI=1S/C7H5ClOS/c8-6-2-1-5(4-9)3-7(6)10/h1-4,10H. The summed E-state index contributed by atoms with van der Waals surface area (Å²) < 4.78 is 0. The SMILES string of the molecule is O=Cc1ccc(Cl)c(S)c1. The average molecular weight is 173 g/mol. The Morgan fingerprint density at radius 1 is 1.50 bits per heavy atom. The summed E-state index contributed by atoms with van der Waals surface area (Å²) in [6, 6.07) is 4.92. The van der Waals surface area contributed by atoms with Gasteiger partial charge in [-0.1, -0.05) is 17.7 Å². The Morgan fingerprint density at radius 2 is 2.20 bits per heavy atom. The third-order valence-electron chi connectivity index (χ3n) is 1.11. The molecule has 0 unspecified atom stereocenters. The minimum atomic E-state index is 0.564. The summed E-state index contributed by atoms with van der Waals surface area (Å²) in [4.78, 5) is 10.8. The largest absolute Gasteiger partial charge is 0.298 e. The topological polar surface area (TPSA) is 17.1 Å². The molecular weight excluding hydrogens is 168 g/mol. The predicted molar refractivity (Wildman–Crippen MR) is 44.1 cm³/mol. The van der Waals surface area contributed by atoms with Crippen LogP contribution in [0.3, 0.4) is 0 Å². The second kappa shape index (κ2) is 3.08. The van der Waals surface area contributed by atoms with E-state index < -0.39 is 0 Å². The van der Waals surface area contributed by atoms with Crippen molar-refractivity contribution in [1.82, 2.24) is 0 Å². The molecule has 0 spiro atoms.